The topological polar surface area (TPSA) is 71.3 Å². The normalized spacial score (nSPS) is 17.8. The Labute approximate surface area is 106 Å². The summed E-state index contributed by atoms with van der Waals surface area (Å²) in [5, 5.41) is 21.7. The van der Waals surface area contributed by atoms with Crippen LogP contribution in [0.5, 0.6) is 5.75 Å². The van der Waals surface area contributed by atoms with Crippen molar-refractivity contribution in [1.82, 2.24) is 0 Å². The molecule has 0 radical (unpaired) electrons. The molecule has 98 valence electrons. The van der Waals surface area contributed by atoms with E-state index in [0.29, 0.717) is 17.9 Å². The first-order valence-corrected chi connectivity index (χ1v) is 5.81. The number of phenolic OH excluding ortho intramolecular Hbond substituents is 1. The Hall–Kier alpha value is -1.59. The van der Waals surface area contributed by atoms with Gasteiger partial charge in [-0.25, -0.2) is 9.78 Å². The number of nitrogens with zero attached hydrogens (tertiary/aromatic N) is 1. The van der Waals surface area contributed by atoms with Gasteiger partial charge in [0.25, 0.3) is 0 Å². The van der Waals surface area contributed by atoms with E-state index in [1.807, 2.05) is 12.1 Å². The summed E-state index contributed by atoms with van der Waals surface area (Å²) in [7, 11) is 1.49. The van der Waals surface area contributed by atoms with Gasteiger partial charge in [0.2, 0.25) is 0 Å². The molecule has 0 heterocycles. The summed E-state index contributed by atoms with van der Waals surface area (Å²) >= 11 is 0. The van der Waals surface area contributed by atoms with Gasteiger partial charge < -0.3 is 10.3 Å². The highest BCUT2D eigenvalue weighted by Gasteiger charge is 2.45. The molecule has 1 fully saturated rings. The number of hydrogen-bond donors (Lipinski definition) is 2. The van der Waals surface area contributed by atoms with Crippen LogP contribution < -0.4 is 0 Å². The van der Waals surface area contributed by atoms with Gasteiger partial charge in [-0.2, -0.15) is 0 Å². The summed E-state index contributed by atoms with van der Waals surface area (Å²) in [5.74, 6) is 0.109. The fourth-order valence-electron chi connectivity index (χ4n) is 2.05. The maximum atomic E-state index is 9.75. The van der Waals surface area contributed by atoms with Crippen LogP contribution in [0.4, 0.5) is 0 Å². The highest BCUT2D eigenvalue weighted by atomic mass is 17.2. The summed E-state index contributed by atoms with van der Waals surface area (Å²) in [6.07, 6.45) is 2.05. The van der Waals surface area contributed by atoms with Crippen molar-refractivity contribution < 1.29 is 20.1 Å². The molecule has 0 spiro atoms. The molecule has 1 aromatic carbocycles. The lowest BCUT2D eigenvalue weighted by Gasteiger charge is -2.16. The van der Waals surface area contributed by atoms with Crippen molar-refractivity contribution >= 4 is 5.71 Å². The second kappa shape index (κ2) is 4.96. The Morgan fingerprint density at radius 3 is 2.72 bits per heavy atom. The number of rotatable bonds is 5. The maximum absolute atomic E-state index is 9.75. The first-order chi connectivity index (χ1) is 8.63. The minimum Gasteiger partial charge on any atom is -0.507 e. The summed E-state index contributed by atoms with van der Waals surface area (Å²) in [6.45, 7) is 2.13. The van der Waals surface area contributed by atoms with Crippen LogP contribution in [0.25, 0.3) is 0 Å². The van der Waals surface area contributed by atoms with Gasteiger partial charge in [0.1, 0.15) is 5.75 Å². The Bertz CT molecular complexity index is 466. The molecule has 0 atom stereocenters. The van der Waals surface area contributed by atoms with Crippen LogP contribution in [0.1, 0.15) is 30.9 Å². The second-order valence-electron chi connectivity index (χ2n) is 4.63. The Morgan fingerprint density at radius 2 is 2.17 bits per heavy atom. The van der Waals surface area contributed by atoms with Crippen LogP contribution in [0, 0.1) is 0 Å². The Morgan fingerprint density at radius 1 is 1.44 bits per heavy atom. The highest BCUT2D eigenvalue weighted by molar-refractivity contribution is 6.00. The molecule has 0 saturated heterocycles. The minimum absolute atomic E-state index is 0.0335. The van der Waals surface area contributed by atoms with Gasteiger partial charge in [-0.1, -0.05) is 11.2 Å². The quantitative estimate of drug-likeness (QED) is 0.364. The molecular formula is C13H17NO4. The fraction of sp³-hybridized carbons (Fsp3) is 0.462. The van der Waals surface area contributed by atoms with Crippen molar-refractivity contribution in [2.75, 3.05) is 13.7 Å². The van der Waals surface area contributed by atoms with Crippen LogP contribution in [0.2, 0.25) is 0 Å². The predicted octanol–water partition coefficient (Wildman–Crippen LogP) is 2.20. The zero-order chi connectivity index (χ0) is 13.2. The van der Waals surface area contributed by atoms with E-state index >= 15 is 0 Å². The summed E-state index contributed by atoms with van der Waals surface area (Å²) in [5.41, 5.74) is 1.96. The van der Waals surface area contributed by atoms with Crippen molar-refractivity contribution in [3.63, 3.8) is 0 Å². The molecule has 1 aliphatic rings. The van der Waals surface area contributed by atoms with Crippen molar-refractivity contribution in [1.29, 1.82) is 0 Å². The summed E-state index contributed by atoms with van der Waals surface area (Å²) < 4.78 is 0. The number of aromatic hydroxyl groups is 1. The molecular weight excluding hydrogens is 234 g/mol. The number of hydrogen-bond acceptors (Lipinski definition) is 5. The lowest BCUT2D eigenvalue weighted by atomic mass is 9.94. The third kappa shape index (κ3) is 2.32. The lowest BCUT2D eigenvalue weighted by Crippen LogP contribution is -2.15. The smallest absolute Gasteiger partial charge is 0.124 e. The van der Waals surface area contributed by atoms with E-state index < -0.39 is 0 Å². The van der Waals surface area contributed by atoms with Crippen molar-refractivity contribution in [2.24, 2.45) is 5.16 Å². The molecule has 18 heavy (non-hydrogen) atoms. The number of phenols is 1. The van der Waals surface area contributed by atoms with Gasteiger partial charge in [-0.3, -0.25) is 0 Å². The minimum atomic E-state index is -0.0335. The van der Waals surface area contributed by atoms with Crippen molar-refractivity contribution in [3.05, 3.63) is 29.3 Å². The molecule has 0 aromatic heterocycles. The second-order valence-corrected chi connectivity index (χ2v) is 4.63. The van der Waals surface area contributed by atoms with E-state index in [1.165, 1.54) is 7.11 Å². The van der Waals surface area contributed by atoms with Gasteiger partial charge in [0.15, 0.2) is 0 Å². The Kier molecular flexibility index (Phi) is 3.54. The summed E-state index contributed by atoms with van der Waals surface area (Å²) in [6, 6.07) is 5.33. The SMILES string of the molecule is COOCC1(c2ccc(O)c(/C(C)=N/O)c2)CC1. The van der Waals surface area contributed by atoms with E-state index in [0.717, 1.165) is 18.4 Å². The van der Waals surface area contributed by atoms with E-state index in [1.54, 1.807) is 13.0 Å². The van der Waals surface area contributed by atoms with E-state index in [2.05, 4.69) is 10.0 Å². The lowest BCUT2D eigenvalue weighted by molar-refractivity contribution is -0.277. The highest BCUT2D eigenvalue weighted by Crippen LogP contribution is 2.49. The molecule has 2 N–H and O–H groups in total. The molecule has 0 amide bonds. The first-order valence-electron chi connectivity index (χ1n) is 5.81. The molecule has 1 aromatic rings. The van der Waals surface area contributed by atoms with Crippen molar-refractivity contribution in [3.8, 4) is 5.75 Å². The van der Waals surface area contributed by atoms with Crippen LogP contribution in [0.15, 0.2) is 23.4 Å². The van der Waals surface area contributed by atoms with Crippen molar-refractivity contribution in [2.45, 2.75) is 25.2 Å². The zero-order valence-corrected chi connectivity index (χ0v) is 10.5. The number of benzene rings is 1. The standard InChI is InChI=1S/C13H17NO4/c1-9(14-16)11-7-10(3-4-12(11)15)13(5-6-13)8-18-17-2/h3-4,7,15-16H,5-6,8H2,1-2H3/b14-9+. The van der Waals surface area contributed by atoms with Gasteiger partial charge in [-0.15, -0.1) is 0 Å². The fourth-order valence-corrected chi connectivity index (χ4v) is 2.05. The van der Waals surface area contributed by atoms with E-state index in [-0.39, 0.29) is 11.2 Å². The van der Waals surface area contributed by atoms with Crippen LogP contribution in [0.3, 0.4) is 0 Å². The Balaban J connectivity index is 2.30. The monoisotopic (exact) mass is 251 g/mol. The van der Waals surface area contributed by atoms with Gasteiger partial charge in [-0.05, 0) is 37.5 Å². The molecule has 5 nitrogen and oxygen atoms in total. The van der Waals surface area contributed by atoms with Crippen LogP contribution in [-0.2, 0) is 15.2 Å². The average Bonchev–Trinajstić information content (AvgIpc) is 3.17. The van der Waals surface area contributed by atoms with Gasteiger partial charge >= 0.3 is 0 Å². The van der Waals surface area contributed by atoms with Gasteiger partial charge in [0, 0.05) is 11.0 Å². The molecule has 2 rings (SSSR count). The van der Waals surface area contributed by atoms with E-state index in [9.17, 15) is 5.11 Å². The van der Waals surface area contributed by atoms with E-state index in [4.69, 9.17) is 10.1 Å². The number of oxime groups is 1. The van der Waals surface area contributed by atoms with Crippen LogP contribution in [-0.4, -0.2) is 29.7 Å². The predicted molar refractivity (Wildman–Crippen MR) is 66.0 cm³/mol. The molecule has 5 heteroatoms. The first kappa shape index (κ1) is 12.9. The van der Waals surface area contributed by atoms with Crippen LogP contribution >= 0.6 is 0 Å². The zero-order valence-electron chi connectivity index (χ0n) is 10.5. The molecule has 1 aliphatic carbocycles. The largest absolute Gasteiger partial charge is 0.507 e. The van der Waals surface area contributed by atoms with Gasteiger partial charge in [0.05, 0.1) is 19.4 Å². The third-order valence-electron chi connectivity index (χ3n) is 3.46. The molecule has 0 aliphatic heterocycles. The molecule has 1 saturated carbocycles. The third-order valence-corrected chi connectivity index (χ3v) is 3.46. The summed E-state index contributed by atoms with van der Waals surface area (Å²) in [4.78, 5) is 9.68. The molecule has 0 unspecified atom stereocenters. The average molecular weight is 251 g/mol. The molecule has 0 bridgehead atoms. The maximum Gasteiger partial charge on any atom is 0.124 e.